The molecule has 0 aromatic heterocycles. The molecule has 0 fully saturated rings. The van der Waals surface area contributed by atoms with Crippen LogP contribution < -0.4 is 5.32 Å². The van der Waals surface area contributed by atoms with E-state index in [9.17, 15) is 0 Å². The van der Waals surface area contributed by atoms with Crippen LogP contribution in [0.3, 0.4) is 0 Å². The standard InChI is InChI=1S/C56H53N3/c1-7-11-23-45-39(6)59(55-29-19-18-28-51(45)55)44(10-4)35-30-38(5)53-37-54(52-36-43-22-13-15-25-48(43)49-26-16-17-27-50(49)52)58-56(57-53)42-33-31-41(32-34-42)46(20-8-2)47-24-14-12-21-40(47)9-3/h8-14,16-24,26-27,29-37,51,54H,2-4,7,15,25,28H2,1,5-6H3,(H,57,58)/b23-11-,38-30+,44-35+,46-20-. The Hall–Kier alpha value is -6.71. The third kappa shape index (κ3) is 7.69. The zero-order chi connectivity index (χ0) is 40.9. The quantitative estimate of drug-likeness (QED) is 0.145. The van der Waals surface area contributed by atoms with E-state index < -0.39 is 0 Å². The van der Waals surface area contributed by atoms with Gasteiger partial charge in [0.2, 0.25) is 0 Å². The lowest BCUT2D eigenvalue weighted by Gasteiger charge is -2.28. The molecule has 4 aliphatic rings. The van der Waals surface area contributed by atoms with Gasteiger partial charge in [0, 0.05) is 28.6 Å². The van der Waals surface area contributed by atoms with E-state index in [4.69, 9.17) is 4.99 Å². The number of hydrogen-bond donors (Lipinski definition) is 1. The molecule has 0 spiro atoms. The first kappa shape index (κ1) is 39.1. The fourth-order valence-electron chi connectivity index (χ4n) is 8.93. The van der Waals surface area contributed by atoms with Crippen LogP contribution in [-0.4, -0.2) is 10.7 Å². The number of nitrogens with zero attached hydrogens (tertiary/aromatic N) is 2. The van der Waals surface area contributed by atoms with Crippen molar-refractivity contribution in [2.24, 2.45) is 10.9 Å². The molecule has 2 atom stereocenters. The minimum atomic E-state index is -0.110. The zero-order valence-electron chi connectivity index (χ0n) is 34.6. The van der Waals surface area contributed by atoms with E-state index in [1.54, 1.807) is 0 Å². The van der Waals surface area contributed by atoms with Crippen LogP contribution in [0.25, 0.3) is 28.5 Å². The second-order valence-corrected chi connectivity index (χ2v) is 15.5. The third-order valence-electron chi connectivity index (χ3n) is 11.9. The van der Waals surface area contributed by atoms with Crippen molar-refractivity contribution in [1.29, 1.82) is 0 Å². The summed E-state index contributed by atoms with van der Waals surface area (Å²) in [6.07, 6.45) is 34.5. The Morgan fingerprint density at radius 1 is 0.932 bits per heavy atom. The van der Waals surface area contributed by atoms with Crippen molar-refractivity contribution in [2.75, 3.05) is 0 Å². The molecule has 1 N–H and O–H groups in total. The Morgan fingerprint density at radius 3 is 2.51 bits per heavy atom. The number of nitrogens with one attached hydrogen (secondary N) is 1. The van der Waals surface area contributed by atoms with Gasteiger partial charge in [-0.3, -0.25) is 0 Å². The molecule has 4 aromatic rings. The van der Waals surface area contributed by atoms with Gasteiger partial charge >= 0.3 is 0 Å². The highest BCUT2D eigenvalue weighted by Gasteiger charge is 2.34. The van der Waals surface area contributed by atoms with E-state index in [0.717, 1.165) is 76.3 Å². The fourth-order valence-corrected chi connectivity index (χ4v) is 8.93. The normalized spacial score (nSPS) is 19.3. The number of amidine groups is 1. The molecule has 2 unspecified atom stereocenters. The van der Waals surface area contributed by atoms with Gasteiger partial charge in [-0.05, 0) is 131 Å². The van der Waals surface area contributed by atoms with E-state index >= 15 is 0 Å². The van der Waals surface area contributed by atoms with Crippen LogP contribution in [-0.2, 0) is 6.42 Å². The lowest BCUT2D eigenvalue weighted by molar-refractivity contribution is 0.523. The molecule has 0 saturated heterocycles. The highest BCUT2D eigenvalue weighted by atomic mass is 15.2. The monoisotopic (exact) mass is 767 g/mol. The van der Waals surface area contributed by atoms with Crippen molar-refractivity contribution >= 4 is 34.3 Å². The number of hydrogen-bond acceptors (Lipinski definition) is 3. The van der Waals surface area contributed by atoms with Gasteiger partial charge in [0.25, 0.3) is 0 Å². The smallest absolute Gasteiger partial charge is 0.134 e. The van der Waals surface area contributed by atoms with Crippen LogP contribution in [0.1, 0.15) is 85.0 Å². The summed E-state index contributed by atoms with van der Waals surface area (Å²) in [4.78, 5) is 7.73. The Kier molecular flexibility index (Phi) is 11.6. The summed E-state index contributed by atoms with van der Waals surface area (Å²) in [5.41, 5.74) is 16.4. The lowest BCUT2D eigenvalue weighted by Crippen LogP contribution is -2.31. The number of fused-ring (bicyclic) bond motifs is 4. The summed E-state index contributed by atoms with van der Waals surface area (Å²) in [6, 6.07) is 28.2. The van der Waals surface area contributed by atoms with Crippen LogP contribution in [0.5, 0.6) is 0 Å². The molecule has 3 heteroatoms. The summed E-state index contributed by atoms with van der Waals surface area (Å²) >= 11 is 0. The predicted octanol–water partition coefficient (Wildman–Crippen LogP) is 14.1. The molecule has 0 radical (unpaired) electrons. The van der Waals surface area contributed by atoms with Gasteiger partial charge < -0.3 is 10.2 Å². The van der Waals surface area contributed by atoms with Crippen LogP contribution in [0.2, 0.25) is 0 Å². The first-order valence-electron chi connectivity index (χ1n) is 20.9. The highest BCUT2D eigenvalue weighted by molar-refractivity contribution is 6.02. The number of aliphatic imine (C=N–C) groups is 1. The van der Waals surface area contributed by atoms with Crippen LogP contribution in [0.15, 0.2) is 210 Å². The topological polar surface area (TPSA) is 27.6 Å². The molecule has 4 aromatic carbocycles. The molecule has 2 aliphatic heterocycles. The van der Waals surface area contributed by atoms with Crippen molar-refractivity contribution in [1.82, 2.24) is 10.2 Å². The third-order valence-corrected chi connectivity index (χ3v) is 11.9. The molecule has 59 heavy (non-hydrogen) atoms. The van der Waals surface area contributed by atoms with Crippen molar-refractivity contribution < 1.29 is 0 Å². The molecule has 3 nitrogen and oxygen atoms in total. The van der Waals surface area contributed by atoms with Gasteiger partial charge in [-0.1, -0.05) is 160 Å². The molecule has 292 valence electrons. The van der Waals surface area contributed by atoms with Gasteiger partial charge in [-0.15, -0.1) is 0 Å². The lowest BCUT2D eigenvalue weighted by atomic mass is 9.86. The van der Waals surface area contributed by atoms with Crippen molar-refractivity contribution in [3.05, 3.63) is 244 Å². The van der Waals surface area contributed by atoms with Crippen LogP contribution in [0.4, 0.5) is 0 Å². The largest absolute Gasteiger partial charge is 0.359 e. The summed E-state index contributed by atoms with van der Waals surface area (Å²) in [7, 11) is 0. The molecule has 8 rings (SSSR count). The minimum absolute atomic E-state index is 0.110. The van der Waals surface area contributed by atoms with E-state index in [2.05, 4.69) is 190 Å². The Balaban J connectivity index is 1.21. The maximum atomic E-state index is 5.35. The minimum Gasteiger partial charge on any atom is -0.359 e. The summed E-state index contributed by atoms with van der Waals surface area (Å²) in [6.45, 7) is 19.0. The molecule has 2 aliphatic carbocycles. The average molecular weight is 768 g/mol. The van der Waals surface area contributed by atoms with Gasteiger partial charge in [-0.25, -0.2) is 4.99 Å². The molecule has 0 amide bonds. The molecular formula is C56H53N3. The second-order valence-electron chi connectivity index (χ2n) is 15.5. The second kappa shape index (κ2) is 17.4. The first-order chi connectivity index (χ1) is 28.9. The average Bonchev–Trinajstić information content (AvgIpc) is 3.57. The number of rotatable bonds is 12. The van der Waals surface area contributed by atoms with Gasteiger partial charge in [0.05, 0.1) is 11.7 Å². The van der Waals surface area contributed by atoms with Crippen molar-refractivity contribution in [2.45, 2.75) is 52.5 Å². The van der Waals surface area contributed by atoms with E-state index in [1.165, 1.54) is 44.4 Å². The first-order valence-corrected chi connectivity index (χ1v) is 20.9. The number of allylic oxidation sites excluding steroid dienone is 14. The zero-order valence-corrected chi connectivity index (χ0v) is 34.6. The summed E-state index contributed by atoms with van der Waals surface area (Å²) in [5, 5.41) is 6.49. The Labute approximate surface area is 351 Å². The maximum Gasteiger partial charge on any atom is 0.134 e. The van der Waals surface area contributed by atoms with E-state index in [-0.39, 0.29) is 6.04 Å². The Bertz CT molecular complexity index is 2660. The molecule has 0 saturated carbocycles. The molecular weight excluding hydrogens is 715 g/mol. The highest BCUT2D eigenvalue weighted by Crippen LogP contribution is 2.44. The number of aryl methyl sites for hydroxylation is 1. The van der Waals surface area contributed by atoms with Crippen molar-refractivity contribution in [3.8, 4) is 0 Å². The van der Waals surface area contributed by atoms with Crippen LogP contribution >= 0.6 is 0 Å². The summed E-state index contributed by atoms with van der Waals surface area (Å²) in [5.74, 6) is 1.19. The predicted molar refractivity (Wildman–Crippen MR) is 253 cm³/mol. The Morgan fingerprint density at radius 2 is 1.73 bits per heavy atom. The van der Waals surface area contributed by atoms with Gasteiger partial charge in [0.1, 0.15) is 5.84 Å². The van der Waals surface area contributed by atoms with E-state index in [1.807, 2.05) is 24.3 Å². The molecule has 2 heterocycles. The van der Waals surface area contributed by atoms with E-state index in [0.29, 0.717) is 5.92 Å². The summed E-state index contributed by atoms with van der Waals surface area (Å²) < 4.78 is 0. The van der Waals surface area contributed by atoms with Crippen LogP contribution in [0, 0.1) is 5.92 Å². The fraction of sp³-hybridized carbons (Fsp3) is 0.161. The van der Waals surface area contributed by atoms with Gasteiger partial charge in [0.15, 0.2) is 0 Å². The maximum absolute atomic E-state index is 5.35. The van der Waals surface area contributed by atoms with Gasteiger partial charge in [-0.2, -0.15) is 0 Å². The molecule has 0 bridgehead atoms. The SMILES string of the molecule is C=C/C=C(/c1ccc(C2=NC(/C(C)=C/C=C(\C=C)N3C4=CC=CCC4C(/C=C\CC)=C3C)=CC(c3cc4c(c5ccccc35)CCC=C4)N2)cc1)c1ccccc1C=C. The number of benzene rings is 4. The van der Waals surface area contributed by atoms with Crippen molar-refractivity contribution in [3.63, 3.8) is 0 Å².